The summed E-state index contributed by atoms with van der Waals surface area (Å²) in [5.41, 5.74) is 2.75. The molecule has 0 saturated carbocycles. The fourth-order valence-corrected chi connectivity index (χ4v) is 4.00. The molecule has 2 heterocycles. The van der Waals surface area contributed by atoms with Crippen LogP contribution in [0.15, 0.2) is 82.0 Å². The molecular weight excluding hydrogens is 516 g/mol. The molecule has 0 atom stereocenters. The maximum atomic E-state index is 12.5. The molecule has 0 amide bonds. The lowest BCUT2D eigenvalue weighted by Crippen LogP contribution is -2.07. The highest BCUT2D eigenvalue weighted by atomic mass is 16.6. The van der Waals surface area contributed by atoms with Crippen molar-refractivity contribution in [3.05, 3.63) is 94.3 Å². The van der Waals surface area contributed by atoms with Crippen molar-refractivity contribution >= 4 is 35.9 Å². The van der Waals surface area contributed by atoms with E-state index in [9.17, 15) is 9.59 Å². The fraction of sp³-hybridized carbons (Fsp3) is 0.133. The Hall–Kier alpha value is -5.38. The van der Waals surface area contributed by atoms with Gasteiger partial charge < -0.3 is 28.4 Å². The van der Waals surface area contributed by atoms with Crippen molar-refractivity contribution in [2.45, 2.75) is 0 Å². The summed E-state index contributed by atoms with van der Waals surface area (Å²) in [6, 6.07) is 17.4. The van der Waals surface area contributed by atoms with E-state index in [1.807, 2.05) is 0 Å². The quantitative estimate of drug-likeness (QED) is 0.305. The Labute approximate surface area is 229 Å². The van der Waals surface area contributed by atoms with Crippen molar-refractivity contribution in [2.75, 3.05) is 28.4 Å². The molecule has 0 unspecified atom stereocenters. The number of carbonyl (C=O) groups excluding carboxylic acids is 2. The predicted molar refractivity (Wildman–Crippen MR) is 147 cm³/mol. The highest BCUT2D eigenvalue weighted by Crippen LogP contribution is 2.30. The molecule has 0 radical (unpaired) electrons. The summed E-state index contributed by atoms with van der Waals surface area (Å²) < 4.78 is 32.0. The first kappa shape index (κ1) is 26.2. The highest BCUT2D eigenvalue weighted by Gasteiger charge is 2.28. The molecule has 3 aromatic rings. The average molecular weight is 541 g/mol. The molecule has 2 aliphatic heterocycles. The molecule has 10 nitrogen and oxygen atoms in total. The van der Waals surface area contributed by atoms with Crippen LogP contribution in [0.3, 0.4) is 0 Å². The number of esters is 2. The normalized spacial score (nSPS) is 16.4. The summed E-state index contributed by atoms with van der Waals surface area (Å²) in [5, 5.41) is 0. The van der Waals surface area contributed by atoms with Crippen molar-refractivity contribution in [3.63, 3.8) is 0 Å². The van der Waals surface area contributed by atoms with Gasteiger partial charge in [0, 0.05) is 12.1 Å². The van der Waals surface area contributed by atoms with E-state index < -0.39 is 11.9 Å². The third-order valence-electron chi connectivity index (χ3n) is 6.06. The minimum absolute atomic E-state index is 0.138. The summed E-state index contributed by atoms with van der Waals surface area (Å²) >= 11 is 0. The van der Waals surface area contributed by atoms with Gasteiger partial charge in [0.05, 0.1) is 39.6 Å². The zero-order valence-electron chi connectivity index (χ0n) is 22.1. The summed E-state index contributed by atoms with van der Waals surface area (Å²) in [5.74, 6) is 1.25. The summed E-state index contributed by atoms with van der Waals surface area (Å²) in [4.78, 5) is 33.7. The summed E-state index contributed by atoms with van der Waals surface area (Å²) in [6.07, 6.45) is 3.22. The Morgan fingerprint density at radius 3 is 1.32 bits per heavy atom. The van der Waals surface area contributed by atoms with Crippen LogP contribution < -0.4 is 18.9 Å². The molecule has 5 rings (SSSR count). The van der Waals surface area contributed by atoms with Crippen LogP contribution in [0.25, 0.3) is 12.2 Å². The van der Waals surface area contributed by atoms with Crippen LogP contribution >= 0.6 is 0 Å². The number of benzene rings is 3. The van der Waals surface area contributed by atoms with Gasteiger partial charge in [0.25, 0.3) is 0 Å². The number of hydrogen-bond donors (Lipinski definition) is 0. The van der Waals surface area contributed by atoms with Crippen molar-refractivity contribution in [1.82, 2.24) is 0 Å². The lowest BCUT2D eigenvalue weighted by Gasteiger charge is -2.08. The van der Waals surface area contributed by atoms with E-state index in [0.29, 0.717) is 45.3 Å². The van der Waals surface area contributed by atoms with E-state index in [-0.39, 0.29) is 23.2 Å². The first-order valence-electron chi connectivity index (χ1n) is 12.0. The minimum atomic E-state index is -0.580. The van der Waals surface area contributed by atoms with Gasteiger partial charge in [-0.05, 0) is 47.5 Å². The van der Waals surface area contributed by atoms with Gasteiger partial charge in [-0.2, -0.15) is 0 Å². The zero-order valence-corrected chi connectivity index (χ0v) is 22.1. The number of carbonyl (C=O) groups is 2. The molecule has 10 heteroatoms. The van der Waals surface area contributed by atoms with E-state index in [4.69, 9.17) is 28.4 Å². The zero-order chi connectivity index (χ0) is 28.2. The topological polar surface area (TPSA) is 114 Å². The number of rotatable bonds is 8. The lowest BCUT2D eigenvalue weighted by atomic mass is 10.1. The number of aliphatic imine (C=N–C) groups is 2. The maximum absolute atomic E-state index is 12.5. The van der Waals surface area contributed by atoms with Crippen molar-refractivity contribution in [1.29, 1.82) is 0 Å². The minimum Gasteiger partial charge on any atom is -0.497 e. The van der Waals surface area contributed by atoms with Gasteiger partial charge >= 0.3 is 11.9 Å². The molecule has 0 N–H and O–H groups in total. The van der Waals surface area contributed by atoms with Gasteiger partial charge in [-0.1, -0.05) is 24.3 Å². The number of hydrogen-bond acceptors (Lipinski definition) is 10. The van der Waals surface area contributed by atoms with Gasteiger partial charge in [0.2, 0.25) is 11.8 Å². The molecule has 2 aliphatic rings. The molecular formula is C30H24N2O8. The molecule has 0 saturated heterocycles. The predicted octanol–water partition coefficient (Wildman–Crippen LogP) is 4.41. The summed E-state index contributed by atoms with van der Waals surface area (Å²) in [7, 11) is 6.12. The number of nitrogens with zero attached hydrogens (tertiary/aromatic N) is 2. The largest absolute Gasteiger partial charge is 0.497 e. The molecule has 0 aromatic heterocycles. The number of ether oxygens (including phenoxy) is 6. The second kappa shape index (κ2) is 11.2. The van der Waals surface area contributed by atoms with Crippen LogP contribution in [0.1, 0.15) is 22.3 Å². The molecule has 0 fully saturated rings. The van der Waals surface area contributed by atoms with E-state index >= 15 is 0 Å². The van der Waals surface area contributed by atoms with Gasteiger partial charge in [-0.25, -0.2) is 19.6 Å². The molecule has 0 spiro atoms. The molecule has 3 aromatic carbocycles. The molecule has 202 valence electrons. The third kappa shape index (κ3) is 5.28. The fourth-order valence-electron chi connectivity index (χ4n) is 4.00. The molecule has 0 bridgehead atoms. The van der Waals surface area contributed by atoms with Crippen LogP contribution in [0, 0.1) is 0 Å². The van der Waals surface area contributed by atoms with Crippen LogP contribution in [-0.4, -0.2) is 52.2 Å². The monoisotopic (exact) mass is 540 g/mol. The standard InChI is InChI=1S/C30H24N2O8/c1-35-19-9-11-21(25(15-19)37-3)27-31-23(29(33)39-27)13-17-5-7-18(8-6-17)14-24-30(34)40-28(32-24)22-12-10-20(36-2)16-26(22)38-4/h5-16H,1-4H3. The highest BCUT2D eigenvalue weighted by molar-refractivity contribution is 6.14. The lowest BCUT2D eigenvalue weighted by molar-refractivity contribution is -0.130. The average Bonchev–Trinajstić information content (AvgIpc) is 3.54. The van der Waals surface area contributed by atoms with Crippen molar-refractivity contribution < 1.29 is 38.0 Å². The second-order valence-corrected chi connectivity index (χ2v) is 8.47. The Balaban J connectivity index is 1.36. The van der Waals surface area contributed by atoms with Gasteiger partial charge in [0.1, 0.15) is 23.0 Å². The van der Waals surface area contributed by atoms with Crippen molar-refractivity contribution in [3.8, 4) is 23.0 Å². The second-order valence-electron chi connectivity index (χ2n) is 8.47. The van der Waals surface area contributed by atoms with E-state index in [0.717, 1.165) is 0 Å². The SMILES string of the molecule is COc1ccc(C2=NC(=Cc3ccc(C=C4N=C(c5ccc(OC)cc5OC)OC4=O)cc3)C(=O)O2)c(OC)c1. The van der Waals surface area contributed by atoms with Crippen LogP contribution in [0.2, 0.25) is 0 Å². The Morgan fingerprint density at radius 2 is 0.975 bits per heavy atom. The number of cyclic esters (lactones) is 2. The molecule has 40 heavy (non-hydrogen) atoms. The van der Waals surface area contributed by atoms with E-state index in [1.165, 1.54) is 14.2 Å². The van der Waals surface area contributed by atoms with Gasteiger partial charge in [-0.15, -0.1) is 0 Å². The Kier molecular flexibility index (Phi) is 7.32. The van der Waals surface area contributed by atoms with Gasteiger partial charge in [0.15, 0.2) is 11.4 Å². The maximum Gasteiger partial charge on any atom is 0.363 e. The van der Waals surface area contributed by atoms with E-state index in [2.05, 4.69) is 9.98 Å². The van der Waals surface area contributed by atoms with Gasteiger partial charge in [-0.3, -0.25) is 0 Å². The van der Waals surface area contributed by atoms with Crippen LogP contribution in [0.5, 0.6) is 23.0 Å². The summed E-state index contributed by atoms with van der Waals surface area (Å²) in [6.45, 7) is 0. The number of methoxy groups -OCH3 is 4. The smallest absolute Gasteiger partial charge is 0.363 e. The first-order valence-corrected chi connectivity index (χ1v) is 12.0. The first-order chi connectivity index (χ1) is 19.4. The van der Waals surface area contributed by atoms with E-state index in [1.54, 1.807) is 87.0 Å². The Bertz CT molecular complexity index is 1500. The third-order valence-corrected chi connectivity index (χ3v) is 6.06. The Morgan fingerprint density at radius 1 is 0.575 bits per heavy atom. The van der Waals surface area contributed by atoms with Crippen LogP contribution in [-0.2, 0) is 19.1 Å². The molecule has 0 aliphatic carbocycles. The van der Waals surface area contributed by atoms with Crippen molar-refractivity contribution in [2.24, 2.45) is 9.98 Å². The van der Waals surface area contributed by atoms with Crippen LogP contribution in [0.4, 0.5) is 0 Å².